The molecule has 0 bridgehead atoms. The lowest BCUT2D eigenvalue weighted by atomic mass is 10.2. The summed E-state index contributed by atoms with van der Waals surface area (Å²) in [6, 6.07) is 4.97. The van der Waals surface area contributed by atoms with Crippen LogP contribution < -0.4 is 4.90 Å². The fourth-order valence-electron chi connectivity index (χ4n) is 2.79. The van der Waals surface area contributed by atoms with Crippen LogP contribution in [0.5, 0.6) is 0 Å². The number of nitro benzene ring substituents is 1. The van der Waals surface area contributed by atoms with E-state index < -0.39 is 11.0 Å². The lowest BCUT2D eigenvalue weighted by molar-refractivity contribution is -0.384. The molecule has 0 spiro atoms. The summed E-state index contributed by atoms with van der Waals surface area (Å²) in [5.74, 6) is -0.559. The lowest BCUT2D eigenvalue weighted by Crippen LogP contribution is -2.47. The predicted molar refractivity (Wildman–Crippen MR) is 76.4 cm³/mol. The number of hydrogen-bond acceptors (Lipinski definition) is 6. The fraction of sp³-hybridized carbons (Fsp3) is 0.429. The van der Waals surface area contributed by atoms with Crippen LogP contribution in [0.1, 0.15) is 6.42 Å². The second-order valence-electron chi connectivity index (χ2n) is 5.21. The van der Waals surface area contributed by atoms with E-state index in [1.165, 1.54) is 24.3 Å². The van der Waals surface area contributed by atoms with Gasteiger partial charge in [-0.05, 0) is 12.1 Å². The van der Waals surface area contributed by atoms with Crippen molar-refractivity contribution in [2.45, 2.75) is 12.5 Å². The Hall–Kier alpha value is -2.32. The maximum atomic E-state index is 12.5. The number of benzene rings is 1. The highest BCUT2D eigenvalue weighted by Gasteiger charge is 2.43. The molecule has 8 nitrogen and oxygen atoms in total. The van der Waals surface area contributed by atoms with Gasteiger partial charge in [-0.1, -0.05) is 0 Å². The molecule has 2 aliphatic heterocycles. The van der Waals surface area contributed by atoms with Crippen LogP contribution in [-0.2, 0) is 14.3 Å². The maximum Gasteiger partial charge on any atom is 0.269 e. The summed E-state index contributed by atoms with van der Waals surface area (Å²) in [4.78, 5) is 37.9. The molecule has 2 saturated heterocycles. The standard InChI is InChI=1S/C14H15N3O5/c18-13-9-12(15-5-7-22-8-6-15)14(19)16(13)10-1-3-11(4-2-10)17(20)21/h1-4,12H,5-9H2/t12-/m0/s1. The van der Waals surface area contributed by atoms with E-state index in [4.69, 9.17) is 4.74 Å². The van der Waals surface area contributed by atoms with E-state index in [-0.39, 0.29) is 23.9 Å². The van der Waals surface area contributed by atoms with Gasteiger partial charge in [-0.2, -0.15) is 0 Å². The van der Waals surface area contributed by atoms with E-state index in [0.29, 0.717) is 32.0 Å². The van der Waals surface area contributed by atoms with Gasteiger partial charge in [-0.15, -0.1) is 0 Å². The summed E-state index contributed by atoms with van der Waals surface area (Å²) in [7, 11) is 0. The molecule has 1 aromatic carbocycles. The minimum Gasteiger partial charge on any atom is -0.379 e. The van der Waals surface area contributed by atoms with Crippen molar-refractivity contribution in [3.63, 3.8) is 0 Å². The summed E-state index contributed by atoms with van der Waals surface area (Å²) in [5, 5.41) is 10.7. The number of morpholine rings is 1. The first kappa shape index (κ1) is 14.6. The van der Waals surface area contributed by atoms with Gasteiger partial charge in [-0.25, -0.2) is 4.90 Å². The average Bonchev–Trinajstić information content (AvgIpc) is 2.83. The number of amides is 2. The molecule has 0 aromatic heterocycles. The zero-order valence-electron chi connectivity index (χ0n) is 11.8. The Morgan fingerprint density at radius 3 is 2.36 bits per heavy atom. The lowest BCUT2D eigenvalue weighted by Gasteiger charge is -2.30. The molecule has 8 heteroatoms. The van der Waals surface area contributed by atoms with Crippen LogP contribution >= 0.6 is 0 Å². The predicted octanol–water partition coefficient (Wildman–Crippen LogP) is 0.559. The molecule has 0 unspecified atom stereocenters. The Morgan fingerprint density at radius 2 is 1.77 bits per heavy atom. The molecular formula is C14H15N3O5. The third-order valence-corrected chi connectivity index (χ3v) is 3.93. The molecular weight excluding hydrogens is 290 g/mol. The van der Waals surface area contributed by atoms with Crippen molar-refractivity contribution in [2.75, 3.05) is 31.2 Å². The SMILES string of the molecule is O=C1C[C@H](N2CCOCC2)C(=O)N1c1ccc([N+](=O)[O-])cc1. The van der Waals surface area contributed by atoms with Crippen molar-refractivity contribution >= 4 is 23.2 Å². The minimum atomic E-state index is -0.520. The van der Waals surface area contributed by atoms with Crippen LogP contribution in [0.25, 0.3) is 0 Å². The van der Waals surface area contributed by atoms with E-state index in [0.717, 1.165) is 4.90 Å². The van der Waals surface area contributed by atoms with Crippen LogP contribution in [0.4, 0.5) is 11.4 Å². The van der Waals surface area contributed by atoms with Crippen LogP contribution in [0.3, 0.4) is 0 Å². The molecule has 22 heavy (non-hydrogen) atoms. The summed E-state index contributed by atoms with van der Waals surface area (Å²) < 4.78 is 5.25. The van der Waals surface area contributed by atoms with Gasteiger partial charge in [0.2, 0.25) is 5.91 Å². The Labute approximate surface area is 126 Å². The first-order valence-electron chi connectivity index (χ1n) is 7.01. The molecule has 0 saturated carbocycles. The smallest absolute Gasteiger partial charge is 0.269 e. The van der Waals surface area contributed by atoms with Gasteiger partial charge in [0.1, 0.15) is 0 Å². The molecule has 2 amide bonds. The molecule has 0 aliphatic carbocycles. The van der Waals surface area contributed by atoms with E-state index in [2.05, 4.69) is 0 Å². The second kappa shape index (κ2) is 5.82. The first-order chi connectivity index (χ1) is 10.6. The van der Waals surface area contributed by atoms with E-state index >= 15 is 0 Å². The normalized spacial score (nSPS) is 23.1. The molecule has 116 valence electrons. The number of nitro groups is 1. The van der Waals surface area contributed by atoms with E-state index in [9.17, 15) is 19.7 Å². The zero-order valence-corrected chi connectivity index (χ0v) is 11.8. The van der Waals surface area contributed by atoms with E-state index in [1.54, 1.807) is 0 Å². The summed E-state index contributed by atoms with van der Waals surface area (Å²) >= 11 is 0. The fourth-order valence-corrected chi connectivity index (χ4v) is 2.79. The number of carbonyl (C=O) groups excluding carboxylic acids is 2. The van der Waals surface area contributed by atoms with Gasteiger partial charge < -0.3 is 4.74 Å². The van der Waals surface area contributed by atoms with Crippen LogP contribution in [-0.4, -0.2) is 54.0 Å². The number of non-ortho nitro benzene ring substituents is 1. The Kier molecular flexibility index (Phi) is 3.86. The highest BCUT2D eigenvalue weighted by molar-refractivity contribution is 6.22. The Balaban J connectivity index is 1.80. The highest BCUT2D eigenvalue weighted by atomic mass is 16.6. The van der Waals surface area contributed by atoms with E-state index in [1.807, 2.05) is 4.90 Å². The Morgan fingerprint density at radius 1 is 1.14 bits per heavy atom. The Bertz CT molecular complexity index is 609. The average molecular weight is 305 g/mol. The van der Waals surface area contributed by atoms with Crippen LogP contribution in [0.2, 0.25) is 0 Å². The minimum absolute atomic E-state index is 0.0763. The monoisotopic (exact) mass is 305 g/mol. The first-order valence-corrected chi connectivity index (χ1v) is 7.01. The number of rotatable bonds is 3. The van der Waals surface area contributed by atoms with Gasteiger partial charge in [0, 0.05) is 25.2 Å². The number of carbonyl (C=O) groups is 2. The van der Waals surface area contributed by atoms with Crippen molar-refractivity contribution in [3.8, 4) is 0 Å². The quantitative estimate of drug-likeness (QED) is 0.460. The van der Waals surface area contributed by atoms with Crippen LogP contribution in [0.15, 0.2) is 24.3 Å². The topological polar surface area (TPSA) is 93.0 Å². The third-order valence-electron chi connectivity index (χ3n) is 3.93. The van der Waals surface area contributed by atoms with Gasteiger partial charge in [-0.3, -0.25) is 24.6 Å². The van der Waals surface area contributed by atoms with Gasteiger partial charge in [0.25, 0.3) is 11.6 Å². The van der Waals surface area contributed by atoms with Crippen molar-refractivity contribution < 1.29 is 19.2 Å². The van der Waals surface area contributed by atoms with Crippen molar-refractivity contribution in [1.82, 2.24) is 4.90 Å². The van der Waals surface area contributed by atoms with Crippen molar-refractivity contribution in [2.24, 2.45) is 0 Å². The zero-order chi connectivity index (χ0) is 15.7. The number of imide groups is 1. The largest absolute Gasteiger partial charge is 0.379 e. The molecule has 3 rings (SSSR count). The molecule has 2 aliphatic rings. The van der Waals surface area contributed by atoms with Gasteiger partial charge in [0.05, 0.1) is 36.3 Å². The highest BCUT2D eigenvalue weighted by Crippen LogP contribution is 2.27. The molecule has 0 N–H and O–H groups in total. The maximum absolute atomic E-state index is 12.5. The van der Waals surface area contributed by atoms with Crippen LogP contribution in [0, 0.1) is 10.1 Å². The number of anilines is 1. The van der Waals surface area contributed by atoms with Crippen molar-refractivity contribution in [3.05, 3.63) is 34.4 Å². The van der Waals surface area contributed by atoms with Gasteiger partial charge >= 0.3 is 0 Å². The number of nitrogens with zero attached hydrogens (tertiary/aromatic N) is 3. The number of ether oxygens (including phenoxy) is 1. The molecule has 1 aromatic rings. The third kappa shape index (κ3) is 2.58. The van der Waals surface area contributed by atoms with Gasteiger partial charge in [0.15, 0.2) is 0 Å². The molecule has 1 atom stereocenters. The molecule has 0 radical (unpaired) electrons. The molecule has 2 heterocycles. The summed E-state index contributed by atoms with van der Waals surface area (Å²) in [5.41, 5.74) is 0.295. The molecule has 2 fully saturated rings. The summed E-state index contributed by atoms with van der Waals surface area (Å²) in [6.07, 6.45) is 0.135. The summed E-state index contributed by atoms with van der Waals surface area (Å²) in [6.45, 7) is 2.35. The number of hydrogen-bond donors (Lipinski definition) is 0. The second-order valence-corrected chi connectivity index (χ2v) is 5.21. The van der Waals surface area contributed by atoms with Crippen molar-refractivity contribution in [1.29, 1.82) is 0 Å².